The van der Waals surface area contributed by atoms with Crippen molar-refractivity contribution in [3.8, 4) is 22.8 Å². The van der Waals surface area contributed by atoms with Gasteiger partial charge in [0.25, 0.3) is 5.91 Å². The van der Waals surface area contributed by atoms with E-state index >= 15 is 0 Å². The maximum absolute atomic E-state index is 13.6. The van der Waals surface area contributed by atoms with Crippen molar-refractivity contribution in [2.24, 2.45) is 0 Å². The SMILES string of the molecule is COc1ccc(C2c3c(-c4ccccc4)n[nH]c3C(=O)N2c2cccc(C(F)(F)F)c2)cc1OC. The van der Waals surface area contributed by atoms with Gasteiger partial charge in [-0.05, 0) is 35.9 Å². The van der Waals surface area contributed by atoms with E-state index in [0.717, 1.165) is 17.7 Å². The van der Waals surface area contributed by atoms with E-state index < -0.39 is 23.7 Å². The van der Waals surface area contributed by atoms with Gasteiger partial charge in [-0.15, -0.1) is 0 Å². The van der Waals surface area contributed by atoms with Crippen LogP contribution in [0.1, 0.15) is 33.2 Å². The standard InChI is InChI=1S/C26H20F3N3O3/c1-34-19-12-11-16(13-20(19)35-2)24-21-22(15-7-4-3-5-8-15)30-31-23(21)25(33)32(24)18-10-6-9-17(14-18)26(27,28)29/h3-14,24H,1-2H3,(H,30,31). The Labute approximate surface area is 198 Å². The average Bonchev–Trinajstić information content (AvgIpc) is 3.42. The topological polar surface area (TPSA) is 67.5 Å². The monoisotopic (exact) mass is 479 g/mol. The number of aromatic nitrogens is 2. The largest absolute Gasteiger partial charge is 0.493 e. The van der Waals surface area contributed by atoms with Crippen molar-refractivity contribution in [1.82, 2.24) is 10.2 Å². The van der Waals surface area contributed by atoms with Gasteiger partial charge in [0.05, 0.1) is 31.5 Å². The first-order chi connectivity index (χ1) is 16.8. The molecule has 1 aliphatic rings. The van der Waals surface area contributed by atoms with Gasteiger partial charge in [-0.25, -0.2) is 0 Å². The first kappa shape index (κ1) is 22.5. The number of H-pyrrole nitrogens is 1. The van der Waals surface area contributed by atoms with Crippen LogP contribution >= 0.6 is 0 Å². The number of carbonyl (C=O) groups excluding carboxylic acids is 1. The Hall–Kier alpha value is -4.27. The van der Waals surface area contributed by atoms with E-state index in [1.165, 1.54) is 31.3 Å². The predicted octanol–water partition coefficient (Wildman–Crippen LogP) is 5.86. The first-order valence-electron chi connectivity index (χ1n) is 10.7. The van der Waals surface area contributed by atoms with E-state index in [4.69, 9.17) is 9.47 Å². The lowest BCUT2D eigenvalue weighted by molar-refractivity contribution is -0.137. The van der Waals surface area contributed by atoms with Gasteiger partial charge in [0.1, 0.15) is 5.69 Å². The smallest absolute Gasteiger partial charge is 0.416 e. The highest BCUT2D eigenvalue weighted by atomic mass is 19.4. The molecule has 0 aliphatic carbocycles. The number of nitrogens with one attached hydrogen (secondary N) is 1. The summed E-state index contributed by atoms with van der Waals surface area (Å²) in [5.41, 5.74) is 2.02. The zero-order valence-electron chi connectivity index (χ0n) is 18.8. The molecule has 5 rings (SSSR count). The highest BCUT2D eigenvalue weighted by Crippen LogP contribution is 2.47. The minimum atomic E-state index is -4.55. The van der Waals surface area contributed by atoms with Crippen molar-refractivity contribution < 1.29 is 27.4 Å². The van der Waals surface area contributed by atoms with Crippen LogP contribution in [0.15, 0.2) is 72.8 Å². The third-order valence-corrected chi connectivity index (χ3v) is 5.99. The second-order valence-electron chi connectivity index (χ2n) is 7.97. The fourth-order valence-corrected chi connectivity index (χ4v) is 4.40. The Kier molecular flexibility index (Phi) is 5.47. The van der Waals surface area contributed by atoms with Crippen molar-refractivity contribution in [1.29, 1.82) is 0 Å². The van der Waals surface area contributed by atoms with Crippen LogP contribution in [-0.4, -0.2) is 30.3 Å². The Morgan fingerprint density at radius 1 is 0.914 bits per heavy atom. The van der Waals surface area contributed by atoms with E-state index in [1.54, 1.807) is 18.2 Å². The molecule has 0 radical (unpaired) electrons. The lowest BCUT2D eigenvalue weighted by Gasteiger charge is -2.27. The molecule has 1 amide bonds. The minimum absolute atomic E-state index is 0.119. The van der Waals surface area contributed by atoms with Crippen LogP contribution < -0.4 is 14.4 Å². The van der Waals surface area contributed by atoms with Gasteiger partial charge in [0, 0.05) is 16.8 Å². The van der Waals surface area contributed by atoms with Crippen molar-refractivity contribution in [3.63, 3.8) is 0 Å². The summed E-state index contributed by atoms with van der Waals surface area (Å²) in [5.74, 6) is 0.440. The molecule has 178 valence electrons. The van der Waals surface area contributed by atoms with E-state index in [0.29, 0.717) is 28.3 Å². The number of halogens is 3. The summed E-state index contributed by atoms with van der Waals surface area (Å²) in [5, 5.41) is 7.20. The molecule has 35 heavy (non-hydrogen) atoms. The Morgan fingerprint density at radius 2 is 1.66 bits per heavy atom. The highest BCUT2D eigenvalue weighted by Gasteiger charge is 2.44. The number of benzene rings is 3. The Balaban J connectivity index is 1.73. The molecule has 3 aromatic carbocycles. The molecular weight excluding hydrogens is 459 g/mol. The second-order valence-corrected chi connectivity index (χ2v) is 7.97. The van der Waals surface area contributed by atoms with Crippen LogP contribution in [0.4, 0.5) is 18.9 Å². The normalized spacial score (nSPS) is 15.3. The number of aromatic amines is 1. The number of nitrogens with zero attached hydrogens (tertiary/aromatic N) is 2. The number of carbonyl (C=O) groups is 1. The average molecular weight is 479 g/mol. The molecule has 1 atom stereocenters. The highest BCUT2D eigenvalue weighted by molar-refractivity contribution is 6.11. The van der Waals surface area contributed by atoms with Crippen molar-refractivity contribution in [2.45, 2.75) is 12.2 Å². The molecule has 0 bridgehead atoms. The minimum Gasteiger partial charge on any atom is -0.493 e. The zero-order valence-corrected chi connectivity index (χ0v) is 18.8. The van der Waals surface area contributed by atoms with Gasteiger partial charge >= 0.3 is 6.18 Å². The van der Waals surface area contributed by atoms with Gasteiger partial charge in [0.2, 0.25) is 0 Å². The van der Waals surface area contributed by atoms with Crippen LogP contribution in [0.2, 0.25) is 0 Å². The number of anilines is 1. The molecule has 4 aromatic rings. The summed E-state index contributed by atoms with van der Waals surface area (Å²) in [6.45, 7) is 0. The van der Waals surface area contributed by atoms with Crippen molar-refractivity contribution in [3.05, 3.63) is 95.2 Å². The summed E-state index contributed by atoms with van der Waals surface area (Å²) in [6.07, 6.45) is -4.55. The number of alkyl halides is 3. The summed E-state index contributed by atoms with van der Waals surface area (Å²) in [7, 11) is 3.00. The van der Waals surface area contributed by atoms with Crippen LogP contribution in [0.25, 0.3) is 11.3 Å². The molecule has 0 saturated carbocycles. The summed E-state index contributed by atoms with van der Waals surface area (Å²) in [6, 6.07) is 18.4. The first-order valence-corrected chi connectivity index (χ1v) is 10.7. The molecule has 9 heteroatoms. The molecule has 1 unspecified atom stereocenters. The second kappa shape index (κ2) is 8.50. The van der Waals surface area contributed by atoms with E-state index in [1.807, 2.05) is 30.3 Å². The Morgan fingerprint density at radius 3 is 2.34 bits per heavy atom. The fourth-order valence-electron chi connectivity index (χ4n) is 4.40. The number of hydrogen-bond donors (Lipinski definition) is 1. The van der Waals surface area contributed by atoms with Crippen molar-refractivity contribution in [2.75, 3.05) is 19.1 Å². The fraction of sp³-hybridized carbons (Fsp3) is 0.154. The van der Waals surface area contributed by atoms with Gasteiger partial charge in [-0.2, -0.15) is 18.3 Å². The third-order valence-electron chi connectivity index (χ3n) is 5.99. The lowest BCUT2D eigenvalue weighted by Crippen LogP contribution is -2.29. The quantitative estimate of drug-likeness (QED) is 0.389. The molecule has 2 heterocycles. The van der Waals surface area contributed by atoms with Crippen LogP contribution in [0.5, 0.6) is 11.5 Å². The number of ether oxygens (including phenoxy) is 2. The maximum Gasteiger partial charge on any atom is 0.416 e. The molecule has 0 spiro atoms. The maximum atomic E-state index is 13.6. The third kappa shape index (κ3) is 3.78. The van der Waals surface area contributed by atoms with Crippen molar-refractivity contribution >= 4 is 11.6 Å². The number of amides is 1. The molecule has 1 N–H and O–H groups in total. The summed E-state index contributed by atoms with van der Waals surface area (Å²) < 4.78 is 51.3. The molecular formula is C26H20F3N3O3. The molecule has 1 aromatic heterocycles. The summed E-state index contributed by atoms with van der Waals surface area (Å²) in [4.78, 5) is 14.9. The number of rotatable bonds is 5. The zero-order chi connectivity index (χ0) is 24.7. The van der Waals surface area contributed by atoms with Crippen LogP contribution in [-0.2, 0) is 6.18 Å². The van der Waals surface area contributed by atoms with Gasteiger partial charge in [-0.3, -0.25) is 14.8 Å². The number of methoxy groups -OCH3 is 2. The molecule has 6 nitrogen and oxygen atoms in total. The van der Waals surface area contributed by atoms with Crippen LogP contribution in [0, 0.1) is 0 Å². The molecule has 0 fully saturated rings. The summed E-state index contributed by atoms with van der Waals surface area (Å²) >= 11 is 0. The molecule has 0 saturated heterocycles. The van der Waals surface area contributed by atoms with Crippen LogP contribution in [0.3, 0.4) is 0 Å². The number of hydrogen-bond acceptors (Lipinski definition) is 4. The van der Waals surface area contributed by atoms with E-state index in [2.05, 4.69) is 10.2 Å². The van der Waals surface area contributed by atoms with E-state index in [-0.39, 0.29) is 11.4 Å². The molecule has 1 aliphatic heterocycles. The Bertz CT molecular complexity index is 1400. The number of fused-ring (bicyclic) bond motifs is 1. The van der Waals surface area contributed by atoms with Gasteiger partial charge < -0.3 is 9.47 Å². The predicted molar refractivity (Wildman–Crippen MR) is 124 cm³/mol. The lowest BCUT2D eigenvalue weighted by atomic mass is 9.95. The van der Waals surface area contributed by atoms with Gasteiger partial charge in [-0.1, -0.05) is 42.5 Å². The van der Waals surface area contributed by atoms with E-state index in [9.17, 15) is 18.0 Å². The van der Waals surface area contributed by atoms with Gasteiger partial charge in [0.15, 0.2) is 11.5 Å².